The Balaban J connectivity index is 1.25. The van der Waals surface area contributed by atoms with Gasteiger partial charge in [0.2, 0.25) is 0 Å². The molecule has 0 amide bonds. The lowest BCUT2D eigenvalue weighted by Gasteiger charge is -2.10. The number of hydrogen-bond acceptors (Lipinski definition) is 3. The van der Waals surface area contributed by atoms with Gasteiger partial charge in [0.15, 0.2) is 11.6 Å². The standard InChI is InChI=1S/C42H27N3O/c1-3-12-28(13-4-1)29-15-11-16-30(24-29)36-27-37(41-26-31-14-7-10-21-40(31)46-41)44-42(43-36)32-22-23-39-35(25-32)34-19-8-9-20-38(34)45(39)33-17-5-2-6-18-33/h1-27H. The van der Waals surface area contributed by atoms with Gasteiger partial charge in [0.1, 0.15) is 11.3 Å². The van der Waals surface area contributed by atoms with Gasteiger partial charge in [-0.15, -0.1) is 0 Å². The van der Waals surface area contributed by atoms with Gasteiger partial charge in [-0.25, -0.2) is 9.97 Å². The summed E-state index contributed by atoms with van der Waals surface area (Å²) in [6, 6.07) is 56.7. The van der Waals surface area contributed by atoms with Crippen LogP contribution in [-0.2, 0) is 0 Å². The van der Waals surface area contributed by atoms with Crippen molar-refractivity contribution in [3.63, 3.8) is 0 Å². The molecule has 9 aromatic rings. The molecule has 0 unspecified atom stereocenters. The Bertz CT molecular complexity index is 2490. The van der Waals surface area contributed by atoms with Crippen molar-refractivity contribution in [2.45, 2.75) is 0 Å². The Morgan fingerprint density at radius 2 is 1.13 bits per heavy atom. The van der Waals surface area contributed by atoms with Crippen LogP contribution < -0.4 is 0 Å². The summed E-state index contributed by atoms with van der Waals surface area (Å²) in [4.78, 5) is 10.3. The number of benzene rings is 6. The van der Waals surface area contributed by atoms with Crippen LogP contribution in [0.2, 0.25) is 0 Å². The molecule has 0 saturated carbocycles. The van der Waals surface area contributed by atoms with Gasteiger partial charge in [0, 0.05) is 33.0 Å². The number of fused-ring (bicyclic) bond motifs is 4. The lowest BCUT2D eigenvalue weighted by atomic mass is 10.0. The van der Waals surface area contributed by atoms with E-state index in [1.807, 2.05) is 30.3 Å². The zero-order chi connectivity index (χ0) is 30.5. The predicted octanol–water partition coefficient (Wildman–Crippen LogP) is 11.0. The van der Waals surface area contributed by atoms with E-state index in [4.69, 9.17) is 14.4 Å². The highest BCUT2D eigenvalue weighted by Crippen LogP contribution is 2.36. The van der Waals surface area contributed by atoms with Crippen LogP contribution in [0.1, 0.15) is 0 Å². The Kier molecular flexibility index (Phi) is 6.10. The molecular weight excluding hydrogens is 562 g/mol. The number of aromatic nitrogens is 3. The molecule has 0 bridgehead atoms. The Morgan fingerprint density at radius 3 is 2.00 bits per heavy atom. The van der Waals surface area contributed by atoms with Crippen molar-refractivity contribution < 1.29 is 4.42 Å². The molecule has 0 spiro atoms. The molecule has 216 valence electrons. The monoisotopic (exact) mass is 589 g/mol. The van der Waals surface area contributed by atoms with Crippen LogP contribution in [0.15, 0.2) is 168 Å². The summed E-state index contributed by atoms with van der Waals surface area (Å²) in [6.45, 7) is 0. The highest BCUT2D eigenvalue weighted by molar-refractivity contribution is 6.10. The van der Waals surface area contributed by atoms with Gasteiger partial charge in [-0.1, -0.05) is 103 Å². The van der Waals surface area contributed by atoms with Gasteiger partial charge >= 0.3 is 0 Å². The van der Waals surface area contributed by atoms with Crippen molar-refractivity contribution in [3.05, 3.63) is 164 Å². The average molecular weight is 590 g/mol. The second kappa shape index (κ2) is 10.7. The highest BCUT2D eigenvalue weighted by Gasteiger charge is 2.17. The van der Waals surface area contributed by atoms with E-state index < -0.39 is 0 Å². The van der Waals surface area contributed by atoms with Crippen LogP contribution in [-0.4, -0.2) is 14.5 Å². The fourth-order valence-corrected chi connectivity index (χ4v) is 6.41. The molecule has 6 aromatic carbocycles. The third kappa shape index (κ3) is 4.47. The average Bonchev–Trinajstić information content (AvgIpc) is 3.72. The molecule has 0 saturated heterocycles. The molecule has 4 heteroatoms. The van der Waals surface area contributed by atoms with Gasteiger partial charge in [-0.2, -0.15) is 0 Å². The van der Waals surface area contributed by atoms with Crippen LogP contribution in [0.5, 0.6) is 0 Å². The van der Waals surface area contributed by atoms with Gasteiger partial charge in [-0.3, -0.25) is 0 Å². The Hall–Kier alpha value is -6.26. The quantitative estimate of drug-likeness (QED) is 0.201. The van der Waals surface area contributed by atoms with Gasteiger partial charge in [-0.05, 0) is 71.8 Å². The summed E-state index contributed by atoms with van der Waals surface area (Å²) in [5, 5.41) is 3.38. The molecule has 46 heavy (non-hydrogen) atoms. The molecule has 0 aliphatic heterocycles. The van der Waals surface area contributed by atoms with E-state index in [2.05, 4.69) is 138 Å². The molecule has 3 heterocycles. The first-order valence-corrected chi connectivity index (χ1v) is 15.4. The van der Waals surface area contributed by atoms with Gasteiger partial charge < -0.3 is 8.98 Å². The smallest absolute Gasteiger partial charge is 0.160 e. The van der Waals surface area contributed by atoms with Crippen LogP contribution in [0.4, 0.5) is 0 Å². The minimum atomic E-state index is 0.650. The van der Waals surface area contributed by atoms with Crippen molar-refractivity contribution in [2.24, 2.45) is 0 Å². The maximum absolute atomic E-state index is 6.32. The molecule has 0 radical (unpaired) electrons. The molecule has 0 fully saturated rings. The second-order valence-electron chi connectivity index (χ2n) is 11.5. The Morgan fingerprint density at radius 1 is 0.435 bits per heavy atom. The first kappa shape index (κ1) is 26.2. The van der Waals surface area contributed by atoms with Crippen molar-refractivity contribution in [1.82, 2.24) is 14.5 Å². The molecule has 0 atom stereocenters. The number of hydrogen-bond donors (Lipinski definition) is 0. The fourth-order valence-electron chi connectivity index (χ4n) is 6.41. The van der Waals surface area contributed by atoms with Crippen molar-refractivity contribution in [2.75, 3.05) is 0 Å². The summed E-state index contributed by atoms with van der Waals surface area (Å²) >= 11 is 0. The van der Waals surface area contributed by atoms with Crippen LogP contribution in [0.3, 0.4) is 0 Å². The summed E-state index contributed by atoms with van der Waals surface area (Å²) in [5.41, 5.74) is 10.1. The first-order chi connectivity index (χ1) is 22.8. The molecule has 0 aliphatic rings. The van der Waals surface area contributed by atoms with E-state index in [9.17, 15) is 0 Å². The number of rotatable bonds is 5. The number of nitrogens with zero attached hydrogens (tertiary/aromatic N) is 3. The summed E-state index contributed by atoms with van der Waals surface area (Å²) in [6.07, 6.45) is 0. The summed E-state index contributed by atoms with van der Waals surface area (Å²) in [5.74, 6) is 1.36. The van der Waals surface area contributed by atoms with E-state index in [1.165, 1.54) is 5.39 Å². The third-order valence-corrected chi connectivity index (χ3v) is 8.61. The lowest BCUT2D eigenvalue weighted by molar-refractivity contribution is 0.628. The first-order valence-electron chi connectivity index (χ1n) is 15.4. The van der Waals surface area contributed by atoms with E-state index in [1.54, 1.807) is 0 Å². The van der Waals surface area contributed by atoms with Crippen LogP contribution in [0.25, 0.3) is 83.7 Å². The lowest BCUT2D eigenvalue weighted by Crippen LogP contribution is -1.96. The van der Waals surface area contributed by atoms with E-state index in [-0.39, 0.29) is 0 Å². The minimum absolute atomic E-state index is 0.650. The van der Waals surface area contributed by atoms with E-state index in [0.29, 0.717) is 11.6 Å². The molecule has 3 aromatic heterocycles. The zero-order valence-corrected chi connectivity index (χ0v) is 24.8. The fraction of sp³-hybridized carbons (Fsp3) is 0. The Labute approximate surface area is 265 Å². The van der Waals surface area contributed by atoms with Crippen LogP contribution in [0, 0.1) is 0 Å². The third-order valence-electron chi connectivity index (χ3n) is 8.61. The zero-order valence-electron chi connectivity index (χ0n) is 24.8. The summed E-state index contributed by atoms with van der Waals surface area (Å²) in [7, 11) is 0. The maximum Gasteiger partial charge on any atom is 0.160 e. The summed E-state index contributed by atoms with van der Waals surface area (Å²) < 4.78 is 8.64. The molecular formula is C42H27N3O. The SMILES string of the molecule is c1ccc(-c2cccc(-c3cc(-c4cc5ccccc5o4)nc(-c4ccc5c(c4)c4ccccc4n5-c4ccccc4)n3)c2)cc1. The normalized spacial score (nSPS) is 11.5. The molecule has 0 aliphatic carbocycles. The van der Waals surface area contributed by atoms with Crippen molar-refractivity contribution >= 4 is 32.8 Å². The number of para-hydroxylation sites is 3. The van der Waals surface area contributed by atoms with E-state index >= 15 is 0 Å². The highest BCUT2D eigenvalue weighted by atomic mass is 16.3. The molecule has 0 N–H and O–H groups in total. The topological polar surface area (TPSA) is 43.9 Å². The molecule has 4 nitrogen and oxygen atoms in total. The number of furan rings is 1. The van der Waals surface area contributed by atoms with Crippen molar-refractivity contribution in [3.8, 4) is 50.9 Å². The minimum Gasteiger partial charge on any atom is -0.454 e. The van der Waals surface area contributed by atoms with E-state index in [0.717, 1.165) is 66.7 Å². The van der Waals surface area contributed by atoms with Gasteiger partial charge in [0.25, 0.3) is 0 Å². The predicted molar refractivity (Wildman–Crippen MR) is 188 cm³/mol. The maximum atomic E-state index is 6.32. The van der Waals surface area contributed by atoms with Crippen LogP contribution >= 0.6 is 0 Å². The molecule has 9 rings (SSSR count). The second-order valence-corrected chi connectivity index (χ2v) is 11.5. The van der Waals surface area contributed by atoms with Crippen molar-refractivity contribution in [1.29, 1.82) is 0 Å². The van der Waals surface area contributed by atoms with Gasteiger partial charge in [0.05, 0.1) is 16.7 Å². The largest absolute Gasteiger partial charge is 0.454 e.